The molecule has 0 aliphatic heterocycles. The van der Waals surface area contributed by atoms with Crippen LogP contribution in [0.15, 0.2) is 54.6 Å². The van der Waals surface area contributed by atoms with E-state index in [0.29, 0.717) is 23.0 Å². The molecule has 2 N–H and O–H groups in total. The Hall–Kier alpha value is -2.83. The van der Waals surface area contributed by atoms with Crippen molar-refractivity contribution in [1.29, 1.82) is 0 Å². The molecule has 1 fully saturated rings. The van der Waals surface area contributed by atoms with E-state index < -0.39 is 0 Å². The van der Waals surface area contributed by atoms with Gasteiger partial charge in [0.15, 0.2) is 0 Å². The lowest BCUT2D eigenvalue weighted by molar-refractivity contribution is -0.131. The predicted octanol–water partition coefficient (Wildman–Crippen LogP) is 5.45. The zero-order valence-electron chi connectivity index (χ0n) is 18.9. The summed E-state index contributed by atoms with van der Waals surface area (Å²) in [5.74, 6) is 0.406. The molecule has 2 aromatic carbocycles. The van der Waals surface area contributed by atoms with Crippen molar-refractivity contribution in [3.63, 3.8) is 0 Å². The van der Waals surface area contributed by atoms with E-state index in [1.165, 1.54) is 11.3 Å². The van der Waals surface area contributed by atoms with Gasteiger partial charge in [-0.1, -0.05) is 48.0 Å². The van der Waals surface area contributed by atoms with E-state index in [2.05, 4.69) is 34.9 Å². The zero-order valence-corrected chi connectivity index (χ0v) is 20.4. The molecule has 1 aliphatic rings. The van der Waals surface area contributed by atoms with Crippen LogP contribution in [0.1, 0.15) is 33.6 Å². The molecular formula is C26H28ClN3O2S. The first-order chi connectivity index (χ1) is 15.9. The van der Waals surface area contributed by atoms with E-state index in [9.17, 15) is 9.59 Å². The molecule has 3 aromatic rings. The minimum atomic E-state index is -0.0820. The van der Waals surface area contributed by atoms with Crippen molar-refractivity contribution in [2.45, 2.75) is 25.8 Å². The normalized spacial score (nSPS) is 12.9. The van der Waals surface area contributed by atoms with Crippen LogP contribution in [0.25, 0.3) is 10.4 Å². The summed E-state index contributed by atoms with van der Waals surface area (Å²) in [5, 5.41) is 6.85. The topological polar surface area (TPSA) is 61.4 Å². The molecule has 7 heteroatoms. The number of anilines is 1. The van der Waals surface area contributed by atoms with Gasteiger partial charge in [-0.25, -0.2) is 0 Å². The summed E-state index contributed by atoms with van der Waals surface area (Å²) >= 11 is 7.45. The molecular weight excluding hydrogens is 454 g/mol. The lowest BCUT2D eigenvalue weighted by Gasteiger charge is -2.17. The van der Waals surface area contributed by atoms with Crippen LogP contribution in [0.5, 0.6) is 0 Å². The first kappa shape index (κ1) is 23.3. The number of halogens is 1. The van der Waals surface area contributed by atoms with E-state index in [-0.39, 0.29) is 17.7 Å². The molecule has 0 radical (unpaired) electrons. The van der Waals surface area contributed by atoms with Gasteiger partial charge in [-0.3, -0.25) is 9.59 Å². The molecule has 0 saturated heterocycles. The van der Waals surface area contributed by atoms with E-state index in [1.807, 2.05) is 49.3 Å². The van der Waals surface area contributed by atoms with E-state index >= 15 is 0 Å². The monoisotopic (exact) mass is 481 g/mol. The van der Waals surface area contributed by atoms with Crippen LogP contribution in [-0.4, -0.2) is 37.4 Å². The third kappa shape index (κ3) is 5.95. The highest BCUT2D eigenvalue weighted by Gasteiger charge is 2.31. The van der Waals surface area contributed by atoms with E-state index in [1.54, 1.807) is 0 Å². The van der Waals surface area contributed by atoms with Crippen LogP contribution in [0.2, 0.25) is 5.02 Å². The number of carbonyl (C=O) groups excluding carboxylic acids is 2. The fourth-order valence-corrected chi connectivity index (χ4v) is 4.92. The Labute approximate surface area is 203 Å². The standard InChI is InChI=1S/C26H28ClN3O2S/c1-28-22-15-23(19-9-11-21(27)12-10-19)33-24(22)25(31)29-14-13-17-3-5-18(6-4-17)16-30(2)26(32)20-7-8-20/h3-6,9-12,15,20,28H,7-8,13-14,16H2,1-2H3,(H,29,31). The lowest BCUT2D eigenvalue weighted by Crippen LogP contribution is -2.27. The van der Waals surface area contributed by atoms with Gasteiger partial charge in [0.1, 0.15) is 4.88 Å². The van der Waals surface area contributed by atoms with Gasteiger partial charge in [0.05, 0.1) is 5.69 Å². The lowest BCUT2D eigenvalue weighted by atomic mass is 10.1. The summed E-state index contributed by atoms with van der Waals surface area (Å²) in [6.07, 6.45) is 2.79. The highest BCUT2D eigenvalue weighted by Crippen LogP contribution is 2.35. The summed E-state index contributed by atoms with van der Waals surface area (Å²) in [4.78, 5) is 28.4. The molecule has 0 bridgehead atoms. The SMILES string of the molecule is CNc1cc(-c2ccc(Cl)cc2)sc1C(=O)NCCc1ccc(CN(C)C(=O)C2CC2)cc1. The first-order valence-electron chi connectivity index (χ1n) is 11.1. The molecule has 33 heavy (non-hydrogen) atoms. The molecule has 2 amide bonds. The van der Waals surface area contributed by atoms with E-state index in [4.69, 9.17) is 11.6 Å². The Kier molecular flexibility index (Phi) is 7.36. The molecule has 4 rings (SSSR count). The summed E-state index contributed by atoms with van der Waals surface area (Å²) in [6.45, 7) is 1.18. The molecule has 172 valence electrons. The number of amides is 2. The Balaban J connectivity index is 1.31. The fraction of sp³-hybridized carbons (Fsp3) is 0.308. The van der Waals surface area contributed by atoms with Gasteiger partial charge in [0, 0.05) is 43.0 Å². The van der Waals surface area contributed by atoms with Gasteiger partial charge in [-0.05, 0) is 54.2 Å². The third-order valence-electron chi connectivity index (χ3n) is 5.78. The van der Waals surface area contributed by atoms with E-state index in [0.717, 1.165) is 46.5 Å². The molecule has 1 aromatic heterocycles. The smallest absolute Gasteiger partial charge is 0.263 e. The Morgan fingerprint density at radius 2 is 1.73 bits per heavy atom. The van der Waals surface area contributed by atoms with Gasteiger partial charge in [0.25, 0.3) is 5.91 Å². The van der Waals surface area contributed by atoms with Crippen molar-refractivity contribution in [2.75, 3.05) is 26.0 Å². The molecule has 0 spiro atoms. The fourth-order valence-electron chi connectivity index (χ4n) is 3.71. The second-order valence-electron chi connectivity index (χ2n) is 8.40. The van der Waals surface area contributed by atoms with Gasteiger partial charge >= 0.3 is 0 Å². The molecule has 1 saturated carbocycles. The average molecular weight is 482 g/mol. The maximum Gasteiger partial charge on any atom is 0.263 e. The second-order valence-corrected chi connectivity index (χ2v) is 9.89. The summed E-state index contributed by atoms with van der Waals surface area (Å²) < 4.78 is 0. The molecule has 0 atom stereocenters. The number of carbonyl (C=O) groups is 2. The largest absolute Gasteiger partial charge is 0.387 e. The Bertz CT molecular complexity index is 1120. The summed E-state index contributed by atoms with van der Waals surface area (Å²) in [6, 6.07) is 17.9. The van der Waals surface area contributed by atoms with Crippen LogP contribution >= 0.6 is 22.9 Å². The predicted molar refractivity (Wildman–Crippen MR) is 136 cm³/mol. The van der Waals surface area contributed by atoms with Crippen LogP contribution < -0.4 is 10.6 Å². The Morgan fingerprint density at radius 3 is 2.36 bits per heavy atom. The minimum absolute atomic E-state index is 0.0820. The van der Waals surface area contributed by atoms with Crippen molar-refractivity contribution < 1.29 is 9.59 Å². The molecule has 5 nitrogen and oxygen atoms in total. The maximum atomic E-state index is 12.8. The third-order valence-corrected chi connectivity index (χ3v) is 7.22. The molecule has 1 aliphatic carbocycles. The van der Waals surface area contributed by atoms with Gasteiger partial charge in [-0.15, -0.1) is 11.3 Å². The number of nitrogens with zero attached hydrogens (tertiary/aromatic N) is 1. The van der Waals surface area contributed by atoms with Crippen molar-refractivity contribution in [2.24, 2.45) is 5.92 Å². The number of thiophene rings is 1. The average Bonchev–Trinajstić information content (AvgIpc) is 3.58. The van der Waals surface area contributed by atoms with Crippen molar-refractivity contribution in [3.05, 3.63) is 75.6 Å². The highest BCUT2D eigenvalue weighted by molar-refractivity contribution is 7.18. The summed E-state index contributed by atoms with van der Waals surface area (Å²) in [7, 11) is 3.69. The van der Waals surface area contributed by atoms with Crippen molar-refractivity contribution in [3.8, 4) is 10.4 Å². The number of nitrogens with one attached hydrogen (secondary N) is 2. The van der Waals surface area contributed by atoms with Crippen LogP contribution in [0, 0.1) is 5.92 Å². The molecule has 1 heterocycles. The van der Waals surface area contributed by atoms with Crippen molar-refractivity contribution in [1.82, 2.24) is 10.2 Å². The van der Waals surface area contributed by atoms with Gasteiger partial charge < -0.3 is 15.5 Å². The maximum absolute atomic E-state index is 12.8. The van der Waals surface area contributed by atoms with Gasteiger partial charge in [-0.2, -0.15) is 0 Å². The van der Waals surface area contributed by atoms with Crippen LogP contribution in [-0.2, 0) is 17.8 Å². The Morgan fingerprint density at radius 1 is 1.06 bits per heavy atom. The number of benzene rings is 2. The molecule has 0 unspecified atom stereocenters. The zero-order chi connectivity index (χ0) is 23.4. The van der Waals surface area contributed by atoms with Gasteiger partial charge in [0.2, 0.25) is 5.91 Å². The van der Waals surface area contributed by atoms with Crippen molar-refractivity contribution >= 4 is 40.4 Å². The van der Waals surface area contributed by atoms with Crippen LogP contribution in [0.4, 0.5) is 5.69 Å². The number of rotatable bonds is 9. The number of hydrogen-bond acceptors (Lipinski definition) is 4. The number of hydrogen-bond donors (Lipinski definition) is 2. The highest BCUT2D eigenvalue weighted by atomic mass is 35.5. The van der Waals surface area contributed by atoms with Crippen LogP contribution in [0.3, 0.4) is 0 Å². The quantitative estimate of drug-likeness (QED) is 0.427. The minimum Gasteiger partial charge on any atom is -0.387 e. The second kappa shape index (κ2) is 10.4. The first-order valence-corrected chi connectivity index (χ1v) is 12.3. The summed E-state index contributed by atoms with van der Waals surface area (Å²) in [5.41, 5.74) is 4.12.